The standard InChI is InChI=1S/C17H18ClN/c18-15-8-6-14(7-9-15)16-12-17(16,19)11-10-13-4-2-1-3-5-13/h1-9,16H,10-12,19H2/t16-,17+/m1/s1. The molecule has 0 radical (unpaired) electrons. The average molecular weight is 272 g/mol. The molecule has 0 spiro atoms. The van der Waals surface area contributed by atoms with Crippen LogP contribution < -0.4 is 5.73 Å². The predicted molar refractivity (Wildman–Crippen MR) is 80.5 cm³/mol. The lowest BCUT2D eigenvalue weighted by molar-refractivity contribution is 0.589. The van der Waals surface area contributed by atoms with Crippen molar-refractivity contribution in [3.8, 4) is 0 Å². The van der Waals surface area contributed by atoms with Gasteiger partial charge in [-0.1, -0.05) is 54.1 Å². The second kappa shape index (κ2) is 4.99. The zero-order valence-corrected chi connectivity index (χ0v) is 11.6. The van der Waals surface area contributed by atoms with Crippen LogP contribution >= 0.6 is 11.6 Å². The fourth-order valence-electron chi connectivity index (χ4n) is 2.76. The Morgan fingerprint density at radius 3 is 2.42 bits per heavy atom. The summed E-state index contributed by atoms with van der Waals surface area (Å²) in [6.07, 6.45) is 3.19. The molecule has 0 heterocycles. The van der Waals surface area contributed by atoms with Gasteiger partial charge in [-0.3, -0.25) is 0 Å². The van der Waals surface area contributed by atoms with Gasteiger partial charge in [0.25, 0.3) is 0 Å². The van der Waals surface area contributed by atoms with Crippen LogP contribution in [0.4, 0.5) is 0 Å². The van der Waals surface area contributed by atoms with Crippen LogP contribution in [0.3, 0.4) is 0 Å². The number of hydrogen-bond acceptors (Lipinski definition) is 1. The third kappa shape index (κ3) is 2.83. The van der Waals surface area contributed by atoms with E-state index in [9.17, 15) is 0 Å². The van der Waals surface area contributed by atoms with Crippen molar-refractivity contribution in [2.45, 2.75) is 30.7 Å². The van der Waals surface area contributed by atoms with E-state index in [1.54, 1.807) is 0 Å². The van der Waals surface area contributed by atoms with E-state index < -0.39 is 0 Å². The molecule has 0 aromatic heterocycles. The second-order valence-electron chi connectivity index (χ2n) is 5.53. The number of halogens is 1. The molecule has 1 aliphatic carbocycles. The zero-order valence-electron chi connectivity index (χ0n) is 10.9. The van der Waals surface area contributed by atoms with Gasteiger partial charge in [0.1, 0.15) is 0 Å². The summed E-state index contributed by atoms with van der Waals surface area (Å²) in [4.78, 5) is 0. The smallest absolute Gasteiger partial charge is 0.0406 e. The van der Waals surface area contributed by atoms with Crippen LogP contribution in [0.5, 0.6) is 0 Å². The fourth-order valence-corrected chi connectivity index (χ4v) is 2.89. The molecule has 3 rings (SSSR count). The minimum absolute atomic E-state index is 0.0241. The van der Waals surface area contributed by atoms with E-state index >= 15 is 0 Å². The van der Waals surface area contributed by atoms with Crippen molar-refractivity contribution < 1.29 is 0 Å². The molecule has 0 saturated heterocycles. The normalized spacial score (nSPS) is 25.3. The van der Waals surface area contributed by atoms with E-state index in [4.69, 9.17) is 17.3 Å². The Hall–Kier alpha value is -1.31. The lowest BCUT2D eigenvalue weighted by Crippen LogP contribution is -2.25. The Balaban J connectivity index is 1.62. The molecule has 1 saturated carbocycles. The maximum atomic E-state index is 6.48. The van der Waals surface area contributed by atoms with Crippen LogP contribution in [-0.4, -0.2) is 5.54 Å². The van der Waals surface area contributed by atoms with Crippen LogP contribution in [0.2, 0.25) is 5.02 Å². The lowest BCUT2D eigenvalue weighted by atomic mass is 10.00. The molecule has 0 unspecified atom stereocenters. The first-order chi connectivity index (χ1) is 9.17. The molecule has 1 nitrogen and oxygen atoms in total. The molecule has 2 aromatic carbocycles. The molecule has 0 bridgehead atoms. The fraction of sp³-hybridized carbons (Fsp3) is 0.294. The second-order valence-corrected chi connectivity index (χ2v) is 5.96. The summed E-state index contributed by atoms with van der Waals surface area (Å²) < 4.78 is 0. The van der Waals surface area contributed by atoms with Gasteiger partial charge in [-0.15, -0.1) is 0 Å². The van der Waals surface area contributed by atoms with Gasteiger partial charge in [-0.2, -0.15) is 0 Å². The summed E-state index contributed by atoms with van der Waals surface area (Å²) in [7, 11) is 0. The highest BCUT2D eigenvalue weighted by Crippen LogP contribution is 2.52. The van der Waals surface area contributed by atoms with Gasteiger partial charge in [0.2, 0.25) is 0 Å². The molecule has 2 N–H and O–H groups in total. The lowest BCUT2D eigenvalue weighted by Gasteiger charge is -2.12. The third-order valence-corrected chi connectivity index (χ3v) is 4.36. The highest BCUT2D eigenvalue weighted by molar-refractivity contribution is 6.30. The third-order valence-electron chi connectivity index (χ3n) is 4.11. The molecular weight excluding hydrogens is 254 g/mol. The summed E-state index contributed by atoms with van der Waals surface area (Å²) in [5.74, 6) is 0.494. The molecule has 2 atom stereocenters. The van der Waals surface area contributed by atoms with Gasteiger partial charge < -0.3 is 5.73 Å². The molecule has 0 amide bonds. The zero-order chi connectivity index (χ0) is 13.3. The summed E-state index contributed by atoms with van der Waals surface area (Å²) in [5.41, 5.74) is 9.14. The molecule has 1 fully saturated rings. The van der Waals surface area contributed by atoms with Crippen molar-refractivity contribution in [3.63, 3.8) is 0 Å². The molecule has 1 aliphatic rings. The van der Waals surface area contributed by atoms with Crippen molar-refractivity contribution in [3.05, 3.63) is 70.7 Å². The average Bonchev–Trinajstić information content (AvgIpc) is 3.11. The number of aryl methyl sites for hydroxylation is 1. The minimum Gasteiger partial charge on any atom is -0.325 e. The van der Waals surface area contributed by atoms with Crippen molar-refractivity contribution in [1.29, 1.82) is 0 Å². The highest BCUT2D eigenvalue weighted by Gasteiger charge is 2.50. The number of hydrogen-bond donors (Lipinski definition) is 1. The molecule has 0 aliphatic heterocycles. The van der Waals surface area contributed by atoms with Gasteiger partial charge in [-0.05, 0) is 42.5 Å². The molecular formula is C17H18ClN. The van der Waals surface area contributed by atoms with Gasteiger partial charge >= 0.3 is 0 Å². The Bertz CT molecular complexity index is 549. The van der Waals surface area contributed by atoms with Crippen molar-refractivity contribution in [2.24, 2.45) is 5.73 Å². The van der Waals surface area contributed by atoms with Crippen LogP contribution in [-0.2, 0) is 6.42 Å². The van der Waals surface area contributed by atoms with Crippen molar-refractivity contribution in [1.82, 2.24) is 0 Å². The van der Waals surface area contributed by atoms with Crippen LogP contribution in [0.1, 0.15) is 29.9 Å². The van der Waals surface area contributed by atoms with Crippen molar-refractivity contribution >= 4 is 11.6 Å². The Morgan fingerprint density at radius 2 is 1.74 bits per heavy atom. The van der Waals surface area contributed by atoms with Crippen LogP contribution in [0.25, 0.3) is 0 Å². The SMILES string of the molecule is N[C@@]1(CCc2ccccc2)C[C@@H]1c1ccc(Cl)cc1. The minimum atomic E-state index is -0.0241. The number of rotatable bonds is 4. The first-order valence-electron chi connectivity index (χ1n) is 6.76. The van der Waals surface area contributed by atoms with E-state index in [0.29, 0.717) is 5.92 Å². The molecule has 2 aromatic rings. The van der Waals surface area contributed by atoms with E-state index in [1.807, 2.05) is 12.1 Å². The molecule has 98 valence electrons. The Kier molecular flexibility index (Phi) is 3.34. The summed E-state index contributed by atoms with van der Waals surface area (Å²) >= 11 is 5.92. The first-order valence-corrected chi connectivity index (χ1v) is 7.13. The maximum absolute atomic E-state index is 6.48. The van der Waals surface area contributed by atoms with Gasteiger partial charge in [0.05, 0.1) is 0 Å². The summed E-state index contributed by atoms with van der Waals surface area (Å²) in [5, 5.41) is 0.788. The first kappa shape index (κ1) is 12.7. The Morgan fingerprint density at radius 1 is 1.05 bits per heavy atom. The maximum Gasteiger partial charge on any atom is 0.0406 e. The summed E-state index contributed by atoms with van der Waals surface area (Å²) in [6, 6.07) is 18.7. The van der Waals surface area contributed by atoms with E-state index in [0.717, 1.165) is 24.3 Å². The van der Waals surface area contributed by atoms with Crippen molar-refractivity contribution in [2.75, 3.05) is 0 Å². The largest absolute Gasteiger partial charge is 0.325 e. The van der Waals surface area contributed by atoms with E-state index in [-0.39, 0.29) is 5.54 Å². The van der Waals surface area contributed by atoms with Gasteiger partial charge in [0.15, 0.2) is 0 Å². The van der Waals surface area contributed by atoms with Crippen LogP contribution in [0.15, 0.2) is 54.6 Å². The van der Waals surface area contributed by atoms with E-state index in [1.165, 1.54) is 11.1 Å². The quantitative estimate of drug-likeness (QED) is 0.888. The number of benzene rings is 2. The van der Waals surface area contributed by atoms with Gasteiger partial charge in [-0.25, -0.2) is 0 Å². The highest BCUT2D eigenvalue weighted by atomic mass is 35.5. The number of nitrogens with two attached hydrogens (primary N) is 1. The predicted octanol–water partition coefficient (Wildman–Crippen LogP) is 4.16. The topological polar surface area (TPSA) is 26.0 Å². The van der Waals surface area contributed by atoms with Crippen LogP contribution in [0, 0.1) is 0 Å². The summed E-state index contributed by atoms with van der Waals surface area (Å²) in [6.45, 7) is 0. The monoisotopic (exact) mass is 271 g/mol. The van der Waals surface area contributed by atoms with Gasteiger partial charge in [0, 0.05) is 16.5 Å². The molecule has 2 heteroatoms. The Labute approximate surface area is 119 Å². The molecule has 19 heavy (non-hydrogen) atoms. The van der Waals surface area contributed by atoms with E-state index in [2.05, 4.69) is 42.5 Å².